The van der Waals surface area contributed by atoms with Gasteiger partial charge in [0.1, 0.15) is 0 Å². The maximum atomic E-state index is 10.6. The summed E-state index contributed by atoms with van der Waals surface area (Å²) in [5.74, 6) is 0.961. The predicted octanol–water partition coefficient (Wildman–Crippen LogP) is 3.53. The van der Waals surface area contributed by atoms with E-state index in [0.29, 0.717) is 13.2 Å². The van der Waals surface area contributed by atoms with Gasteiger partial charge in [-0.25, -0.2) is 0 Å². The number of carbonyl (C=O) groups is 1. The van der Waals surface area contributed by atoms with Crippen LogP contribution in [0.4, 0.5) is 0 Å². The number of hydrogen-bond acceptors (Lipinski definition) is 3. The first-order valence-corrected chi connectivity index (χ1v) is 7.17. The van der Waals surface area contributed by atoms with Crippen molar-refractivity contribution in [1.82, 2.24) is 0 Å². The standard InChI is InChI=1S/C16H24O4/c1-4-19-14-9-8-13(11-15(14)20-5-2)7-6-12(3)10-16(17)18/h8-9,11-12H,4-7,10H2,1-3H3,(H,17,18). The average Bonchev–Trinajstić information content (AvgIpc) is 2.39. The molecule has 0 saturated heterocycles. The van der Waals surface area contributed by atoms with E-state index in [0.717, 1.165) is 29.9 Å². The minimum Gasteiger partial charge on any atom is -0.490 e. The molecule has 0 bridgehead atoms. The Hall–Kier alpha value is -1.71. The molecule has 1 unspecified atom stereocenters. The summed E-state index contributed by atoms with van der Waals surface area (Å²) in [6.07, 6.45) is 1.92. The summed E-state index contributed by atoms with van der Waals surface area (Å²) >= 11 is 0. The molecule has 0 aliphatic rings. The number of carboxylic acids is 1. The van der Waals surface area contributed by atoms with Crippen LogP contribution in [0.25, 0.3) is 0 Å². The smallest absolute Gasteiger partial charge is 0.303 e. The van der Waals surface area contributed by atoms with Crippen molar-refractivity contribution in [2.45, 2.75) is 40.0 Å². The lowest BCUT2D eigenvalue weighted by molar-refractivity contribution is -0.138. The highest BCUT2D eigenvalue weighted by Crippen LogP contribution is 2.29. The molecule has 1 N–H and O–H groups in total. The van der Waals surface area contributed by atoms with Crippen LogP contribution in [0.5, 0.6) is 11.5 Å². The minimum absolute atomic E-state index is 0.176. The van der Waals surface area contributed by atoms with E-state index in [-0.39, 0.29) is 12.3 Å². The van der Waals surface area contributed by atoms with E-state index < -0.39 is 5.97 Å². The topological polar surface area (TPSA) is 55.8 Å². The van der Waals surface area contributed by atoms with E-state index in [1.165, 1.54) is 0 Å². The Labute approximate surface area is 120 Å². The van der Waals surface area contributed by atoms with Gasteiger partial charge in [0.15, 0.2) is 11.5 Å². The lowest BCUT2D eigenvalue weighted by Gasteiger charge is -2.13. The van der Waals surface area contributed by atoms with Crippen LogP contribution in [0.3, 0.4) is 0 Å². The van der Waals surface area contributed by atoms with Gasteiger partial charge in [-0.15, -0.1) is 0 Å². The number of benzene rings is 1. The Balaban J connectivity index is 2.66. The summed E-state index contributed by atoms with van der Waals surface area (Å²) in [7, 11) is 0. The molecule has 0 fully saturated rings. The number of rotatable bonds is 9. The highest BCUT2D eigenvalue weighted by molar-refractivity contribution is 5.66. The molecule has 1 aromatic carbocycles. The van der Waals surface area contributed by atoms with Gasteiger partial charge in [-0.3, -0.25) is 4.79 Å². The number of aliphatic carboxylic acids is 1. The third-order valence-electron chi connectivity index (χ3n) is 3.06. The van der Waals surface area contributed by atoms with Gasteiger partial charge < -0.3 is 14.6 Å². The zero-order chi connectivity index (χ0) is 15.0. The van der Waals surface area contributed by atoms with Crippen LogP contribution < -0.4 is 9.47 Å². The van der Waals surface area contributed by atoms with Crippen molar-refractivity contribution < 1.29 is 19.4 Å². The number of ether oxygens (including phenoxy) is 2. The normalized spacial score (nSPS) is 11.9. The molecule has 1 aromatic rings. The lowest BCUT2D eigenvalue weighted by Crippen LogP contribution is -2.05. The molecular formula is C16H24O4. The second kappa shape index (κ2) is 8.46. The lowest BCUT2D eigenvalue weighted by atomic mass is 9.98. The fraction of sp³-hybridized carbons (Fsp3) is 0.562. The summed E-state index contributed by atoms with van der Waals surface area (Å²) in [4.78, 5) is 10.6. The Morgan fingerprint density at radius 3 is 2.45 bits per heavy atom. The maximum Gasteiger partial charge on any atom is 0.303 e. The molecule has 0 radical (unpaired) electrons. The van der Waals surface area contributed by atoms with E-state index >= 15 is 0 Å². The van der Waals surface area contributed by atoms with Crippen LogP contribution in [-0.2, 0) is 11.2 Å². The Morgan fingerprint density at radius 1 is 1.20 bits per heavy atom. The van der Waals surface area contributed by atoms with Crippen molar-refractivity contribution in [3.8, 4) is 11.5 Å². The van der Waals surface area contributed by atoms with Gasteiger partial charge in [0, 0.05) is 6.42 Å². The molecule has 1 rings (SSSR count). The van der Waals surface area contributed by atoms with Crippen molar-refractivity contribution in [2.24, 2.45) is 5.92 Å². The largest absolute Gasteiger partial charge is 0.490 e. The van der Waals surface area contributed by atoms with Gasteiger partial charge in [-0.2, -0.15) is 0 Å². The maximum absolute atomic E-state index is 10.6. The van der Waals surface area contributed by atoms with E-state index in [4.69, 9.17) is 14.6 Å². The molecule has 0 spiro atoms. The molecule has 4 nitrogen and oxygen atoms in total. The summed E-state index contributed by atoms with van der Waals surface area (Å²) < 4.78 is 11.1. The van der Waals surface area contributed by atoms with Crippen LogP contribution in [0.1, 0.15) is 39.2 Å². The van der Waals surface area contributed by atoms with Crippen LogP contribution >= 0.6 is 0 Å². The molecule has 0 aliphatic carbocycles. The SMILES string of the molecule is CCOc1ccc(CCC(C)CC(=O)O)cc1OCC. The number of hydrogen-bond donors (Lipinski definition) is 1. The second-order valence-electron chi connectivity index (χ2n) is 4.89. The molecular weight excluding hydrogens is 256 g/mol. The van der Waals surface area contributed by atoms with Crippen LogP contribution in [0.15, 0.2) is 18.2 Å². The minimum atomic E-state index is -0.737. The van der Waals surface area contributed by atoms with Gasteiger partial charge >= 0.3 is 5.97 Å². The van der Waals surface area contributed by atoms with Gasteiger partial charge in [0.25, 0.3) is 0 Å². The zero-order valence-corrected chi connectivity index (χ0v) is 12.5. The predicted molar refractivity (Wildman–Crippen MR) is 78.5 cm³/mol. The first kappa shape index (κ1) is 16.3. The summed E-state index contributed by atoms with van der Waals surface area (Å²) in [6.45, 7) is 7.05. The van der Waals surface area contributed by atoms with Crippen molar-refractivity contribution in [3.05, 3.63) is 23.8 Å². The van der Waals surface area contributed by atoms with Crippen molar-refractivity contribution >= 4 is 5.97 Å². The first-order chi connectivity index (χ1) is 9.56. The molecule has 0 saturated carbocycles. The van der Waals surface area contributed by atoms with Crippen molar-refractivity contribution in [3.63, 3.8) is 0 Å². The number of aryl methyl sites for hydroxylation is 1. The molecule has 0 heterocycles. The zero-order valence-electron chi connectivity index (χ0n) is 12.5. The highest BCUT2D eigenvalue weighted by atomic mass is 16.5. The molecule has 4 heteroatoms. The Kier molecular flexibility index (Phi) is 6.91. The third-order valence-corrected chi connectivity index (χ3v) is 3.06. The summed E-state index contributed by atoms with van der Waals surface area (Å²) in [6, 6.07) is 5.93. The third kappa shape index (κ3) is 5.51. The molecule has 1 atom stereocenters. The molecule has 20 heavy (non-hydrogen) atoms. The van der Waals surface area contributed by atoms with Crippen molar-refractivity contribution in [2.75, 3.05) is 13.2 Å². The highest BCUT2D eigenvalue weighted by Gasteiger charge is 2.10. The molecule has 0 aliphatic heterocycles. The molecule has 112 valence electrons. The fourth-order valence-electron chi connectivity index (χ4n) is 2.06. The van der Waals surface area contributed by atoms with E-state index in [9.17, 15) is 4.79 Å². The monoisotopic (exact) mass is 280 g/mol. The van der Waals surface area contributed by atoms with Gasteiger partial charge in [0.2, 0.25) is 0 Å². The summed E-state index contributed by atoms with van der Waals surface area (Å²) in [5.41, 5.74) is 1.15. The van der Waals surface area contributed by atoms with Gasteiger partial charge in [0.05, 0.1) is 13.2 Å². The second-order valence-corrected chi connectivity index (χ2v) is 4.89. The van der Waals surface area contributed by atoms with Crippen molar-refractivity contribution in [1.29, 1.82) is 0 Å². The van der Waals surface area contributed by atoms with E-state index in [1.807, 2.05) is 39.0 Å². The molecule has 0 amide bonds. The Morgan fingerprint density at radius 2 is 1.85 bits per heavy atom. The van der Waals surface area contributed by atoms with Gasteiger partial charge in [-0.05, 0) is 50.3 Å². The van der Waals surface area contributed by atoms with Crippen LogP contribution in [0.2, 0.25) is 0 Å². The quantitative estimate of drug-likeness (QED) is 0.752. The van der Waals surface area contributed by atoms with Crippen LogP contribution in [0, 0.1) is 5.92 Å². The van der Waals surface area contributed by atoms with Crippen LogP contribution in [-0.4, -0.2) is 24.3 Å². The average molecular weight is 280 g/mol. The van der Waals surface area contributed by atoms with E-state index in [1.54, 1.807) is 0 Å². The summed E-state index contributed by atoms with van der Waals surface area (Å²) in [5, 5.41) is 8.75. The first-order valence-electron chi connectivity index (χ1n) is 7.17. The Bertz CT molecular complexity index is 428. The van der Waals surface area contributed by atoms with Gasteiger partial charge in [-0.1, -0.05) is 13.0 Å². The van der Waals surface area contributed by atoms with E-state index in [2.05, 4.69) is 0 Å². The molecule has 0 aromatic heterocycles. The fourth-order valence-corrected chi connectivity index (χ4v) is 2.06. The number of carboxylic acid groups (broad SMARTS) is 1.